The third kappa shape index (κ3) is 10.5. The highest BCUT2D eigenvalue weighted by atomic mass is 19.4. The Morgan fingerprint density at radius 2 is 1.94 bits per heavy atom. The van der Waals surface area contributed by atoms with E-state index in [-0.39, 0.29) is 12.6 Å². The Morgan fingerprint density at radius 1 is 1.29 bits per heavy atom. The van der Waals surface area contributed by atoms with Gasteiger partial charge in [0, 0.05) is 12.6 Å². The number of rotatable bonds is 9. The summed E-state index contributed by atoms with van der Waals surface area (Å²) in [7, 11) is 0. The predicted molar refractivity (Wildman–Crippen MR) is 61.3 cm³/mol. The van der Waals surface area contributed by atoms with Crippen molar-refractivity contribution in [3.05, 3.63) is 0 Å². The molecule has 0 fully saturated rings. The molecule has 6 heteroatoms. The van der Waals surface area contributed by atoms with E-state index in [9.17, 15) is 13.2 Å². The van der Waals surface area contributed by atoms with Crippen LogP contribution in [0.3, 0.4) is 0 Å². The van der Waals surface area contributed by atoms with E-state index in [4.69, 9.17) is 5.84 Å². The zero-order valence-corrected chi connectivity index (χ0v) is 10.5. The van der Waals surface area contributed by atoms with Gasteiger partial charge in [0.25, 0.3) is 0 Å². The second-order valence-electron chi connectivity index (χ2n) is 4.45. The van der Waals surface area contributed by atoms with Gasteiger partial charge in [0.15, 0.2) is 0 Å². The summed E-state index contributed by atoms with van der Waals surface area (Å²) in [6, 6.07) is 0.0183. The molecule has 0 aliphatic rings. The number of hydrazine groups is 1. The summed E-state index contributed by atoms with van der Waals surface area (Å²) in [4.78, 5) is 0. The summed E-state index contributed by atoms with van der Waals surface area (Å²) in [5.74, 6) is 5.87. The van der Waals surface area contributed by atoms with Crippen LogP contribution in [-0.4, -0.2) is 25.4 Å². The fourth-order valence-corrected chi connectivity index (χ4v) is 1.78. The maximum Gasteiger partial charge on any atom is 0.411 e. The van der Waals surface area contributed by atoms with Gasteiger partial charge < -0.3 is 4.74 Å². The fraction of sp³-hybridized carbons (Fsp3) is 1.00. The topological polar surface area (TPSA) is 47.3 Å². The summed E-state index contributed by atoms with van der Waals surface area (Å²) in [6.07, 6.45) is -0.688. The van der Waals surface area contributed by atoms with Gasteiger partial charge in [0.1, 0.15) is 6.61 Å². The lowest BCUT2D eigenvalue weighted by Gasteiger charge is -2.20. The van der Waals surface area contributed by atoms with Crippen LogP contribution in [-0.2, 0) is 4.74 Å². The lowest BCUT2D eigenvalue weighted by Crippen LogP contribution is -2.37. The van der Waals surface area contributed by atoms with Crippen LogP contribution in [0.5, 0.6) is 0 Å². The molecule has 0 aromatic carbocycles. The molecule has 0 bridgehead atoms. The maximum atomic E-state index is 11.8. The third-order valence-corrected chi connectivity index (χ3v) is 2.58. The van der Waals surface area contributed by atoms with Crippen molar-refractivity contribution in [1.82, 2.24) is 5.43 Å². The lowest BCUT2D eigenvalue weighted by molar-refractivity contribution is -0.174. The van der Waals surface area contributed by atoms with Gasteiger partial charge in [-0.25, -0.2) is 0 Å². The van der Waals surface area contributed by atoms with E-state index in [2.05, 4.69) is 24.0 Å². The van der Waals surface area contributed by atoms with Crippen LogP contribution in [0.2, 0.25) is 0 Å². The van der Waals surface area contributed by atoms with Crippen LogP contribution < -0.4 is 11.3 Å². The molecule has 0 aliphatic carbocycles. The maximum absolute atomic E-state index is 11.8. The predicted octanol–water partition coefficient (Wildman–Crippen LogP) is 2.61. The normalized spacial score (nSPS) is 15.9. The highest BCUT2D eigenvalue weighted by Crippen LogP contribution is 2.16. The molecule has 0 spiro atoms. The minimum Gasteiger partial charge on any atom is -0.372 e. The molecule has 0 saturated carbocycles. The molecule has 0 aromatic heterocycles. The highest BCUT2D eigenvalue weighted by Gasteiger charge is 2.27. The number of alkyl halides is 3. The second-order valence-corrected chi connectivity index (χ2v) is 4.45. The van der Waals surface area contributed by atoms with E-state index in [0.717, 1.165) is 19.3 Å². The van der Waals surface area contributed by atoms with Gasteiger partial charge in [-0.3, -0.25) is 11.3 Å². The monoisotopic (exact) mass is 256 g/mol. The first-order valence-electron chi connectivity index (χ1n) is 5.99. The van der Waals surface area contributed by atoms with Crippen LogP contribution in [0.25, 0.3) is 0 Å². The standard InChI is InChI=1S/C11H23F3N2O/c1-3-4-9(2)7-10(16-15)5-6-17-8-11(12,13)14/h9-10,16H,3-8,15H2,1-2H3. The van der Waals surface area contributed by atoms with E-state index in [1.165, 1.54) is 0 Å². The lowest BCUT2D eigenvalue weighted by atomic mass is 9.96. The van der Waals surface area contributed by atoms with Crippen LogP contribution in [0, 0.1) is 5.92 Å². The molecule has 3 nitrogen and oxygen atoms in total. The summed E-state index contributed by atoms with van der Waals surface area (Å²) in [5, 5.41) is 0. The number of hydrogen-bond acceptors (Lipinski definition) is 3. The van der Waals surface area contributed by atoms with Crippen molar-refractivity contribution in [2.45, 2.75) is 51.7 Å². The summed E-state index contributed by atoms with van der Waals surface area (Å²) >= 11 is 0. The van der Waals surface area contributed by atoms with E-state index in [0.29, 0.717) is 12.3 Å². The van der Waals surface area contributed by atoms with Gasteiger partial charge in [0.2, 0.25) is 0 Å². The largest absolute Gasteiger partial charge is 0.411 e. The van der Waals surface area contributed by atoms with Crippen LogP contribution in [0.15, 0.2) is 0 Å². The molecule has 0 saturated heterocycles. The van der Waals surface area contributed by atoms with Crippen molar-refractivity contribution in [1.29, 1.82) is 0 Å². The SMILES string of the molecule is CCCC(C)CC(CCOCC(F)(F)F)NN. The molecule has 0 aromatic rings. The number of nitrogens with one attached hydrogen (secondary N) is 1. The van der Waals surface area contributed by atoms with Crippen LogP contribution in [0.1, 0.15) is 39.5 Å². The number of nitrogens with two attached hydrogens (primary N) is 1. The molecule has 0 heterocycles. The van der Waals surface area contributed by atoms with Gasteiger partial charge in [-0.2, -0.15) is 13.2 Å². The fourth-order valence-electron chi connectivity index (χ4n) is 1.78. The first-order chi connectivity index (χ1) is 7.89. The average Bonchev–Trinajstić information content (AvgIpc) is 2.21. The molecule has 17 heavy (non-hydrogen) atoms. The molecular formula is C11H23F3N2O. The zero-order valence-electron chi connectivity index (χ0n) is 10.5. The van der Waals surface area contributed by atoms with Crippen molar-refractivity contribution in [3.63, 3.8) is 0 Å². The van der Waals surface area contributed by atoms with Gasteiger partial charge in [-0.1, -0.05) is 26.7 Å². The smallest absolute Gasteiger partial charge is 0.372 e. The van der Waals surface area contributed by atoms with Gasteiger partial charge in [-0.15, -0.1) is 0 Å². The van der Waals surface area contributed by atoms with Crippen molar-refractivity contribution >= 4 is 0 Å². The Labute approximate surface area is 101 Å². The third-order valence-electron chi connectivity index (χ3n) is 2.58. The van der Waals surface area contributed by atoms with Gasteiger partial charge >= 0.3 is 6.18 Å². The number of ether oxygens (including phenoxy) is 1. The molecule has 0 rings (SSSR count). The molecule has 2 unspecified atom stereocenters. The number of hydrogen-bond donors (Lipinski definition) is 2. The highest BCUT2D eigenvalue weighted by molar-refractivity contribution is 4.67. The van der Waals surface area contributed by atoms with E-state index < -0.39 is 12.8 Å². The summed E-state index contributed by atoms with van der Waals surface area (Å²) in [5.41, 5.74) is 2.63. The Balaban J connectivity index is 3.68. The second kappa shape index (κ2) is 8.72. The van der Waals surface area contributed by atoms with Crippen LogP contribution in [0.4, 0.5) is 13.2 Å². The first-order valence-corrected chi connectivity index (χ1v) is 5.99. The number of halogens is 3. The van der Waals surface area contributed by atoms with E-state index in [1.807, 2.05) is 0 Å². The molecule has 2 atom stereocenters. The molecule has 104 valence electrons. The van der Waals surface area contributed by atoms with Crippen molar-refractivity contribution in [2.24, 2.45) is 11.8 Å². The Hall–Kier alpha value is -0.330. The van der Waals surface area contributed by atoms with Gasteiger partial charge in [0.05, 0.1) is 0 Å². The van der Waals surface area contributed by atoms with E-state index in [1.54, 1.807) is 0 Å². The molecule has 0 radical (unpaired) electrons. The van der Waals surface area contributed by atoms with Crippen molar-refractivity contribution in [3.8, 4) is 0 Å². The summed E-state index contributed by atoms with van der Waals surface area (Å²) in [6.45, 7) is 3.11. The molecular weight excluding hydrogens is 233 g/mol. The Kier molecular flexibility index (Phi) is 8.55. The van der Waals surface area contributed by atoms with E-state index >= 15 is 0 Å². The zero-order chi connectivity index (χ0) is 13.3. The Bertz CT molecular complexity index is 188. The quantitative estimate of drug-likeness (QED) is 0.379. The minimum absolute atomic E-state index is 0.0183. The Morgan fingerprint density at radius 3 is 2.41 bits per heavy atom. The average molecular weight is 256 g/mol. The van der Waals surface area contributed by atoms with Gasteiger partial charge in [-0.05, 0) is 18.8 Å². The van der Waals surface area contributed by atoms with Crippen molar-refractivity contribution in [2.75, 3.05) is 13.2 Å². The molecule has 3 N–H and O–H groups in total. The van der Waals surface area contributed by atoms with Crippen LogP contribution >= 0.6 is 0 Å². The molecule has 0 aliphatic heterocycles. The first kappa shape index (κ1) is 16.7. The summed E-state index contributed by atoms with van der Waals surface area (Å²) < 4.78 is 40.0. The molecule has 0 amide bonds. The van der Waals surface area contributed by atoms with Crippen molar-refractivity contribution < 1.29 is 17.9 Å². The minimum atomic E-state index is -4.25.